The Morgan fingerprint density at radius 3 is 3.00 bits per heavy atom. The molecule has 17 heavy (non-hydrogen) atoms. The van der Waals surface area contributed by atoms with Crippen LogP contribution in [0.2, 0.25) is 5.02 Å². The molecule has 1 aromatic rings. The molecule has 3 N–H and O–H groups in total. The summed E-state index contributed by atoms with van der Waals surface area (Å²) in [4.78, 5) is 13.2. The van der Waals surface area contributed by atoms with Gasteiger partial charge in [-0.3, -0.25) is 0 Å². The van der Waals surface area contributed by atoms with Crippen molar-refractivity contribution in [2.24, 2.45) is 5.73 Å². The summed E-state index contributed by atoms with van der Waals surface area (Å²) in [5.74, 6) is 0. The molecular formula is C12H16ClN3O. The van der Waals surface area contributed by atoms with Crippen LogP contribution in [0.4, 0.5) is 4.79 Å². The van der Waals surface area contributed by atoms with Gasteiger partial charge in [0.25, 0.3) is 0 Å². The first-order valence-corrected chi connectivity index (χ1v) is 5.96. The van der Waals surface area contributed by atoms with Gasteiger partial charge in [0.1, 0.15) is 0 Å². The Morgan fingerprint density at radius 2 is 2.35 bits per heavy atom. The van der Waals surface area contributed by atoms with Crippen LogP contribution in [0.15, 0.2) is 24.3 Å². The Labute approximate surface area is 106 Å². The van der Waals surface area contributed by atoms with Gasteiger partial charge in [0.2, 0.25) is 0 Å². The number of urea groups is 1. The van der Waals surface area contributed by atoms with Crippen molar-refractivity contribution in [2.45, 2.75) is 12.5 Å². The van der Waals surface area contributed by atoms with Crippen LogP contribution in [0.5, 0.6) is 0 Å². The zero-order valence-electron chi connectivity index (χ0n) is 9.74. The van der Waals surface area contributed by atoms with Crippen molar-refractivity contribution in [1.29, 1.82) is 0 Å². The number of nitrogens with one attached hydrogen (secondary N) is 1. The molecule has 0 aliphatic carbocycles. The normalized spacial score (nSPS) is 24.7. The summed E-state index contributed by atoms with van der Waals surface area (Å²) in [6, 6.07) is 7.16. The topological polar surface area (TPSA) is 58.4 Å². The molecule has 1 aliphatic rings. The molecule has 0 saturated carbocycles. The van der Waals surface area contributed by atoms with E-state index >= 15 is 0 Å². The van der Waals surface area contributed by atoms with Crippen molar-refractivity contribution in [2.75, 3.05) is 19.6 Å². The fraction of sp³-hybridized carbons (Fsp3) is 0.417. The molecule has 1 unspecified atom stereocenters. The number of carbonyl (C=O) groups excluding carboxylic acids is 1. The van der Waals surface area contributed by atoms with Crippen LogP contribution < -0.4 is 11.1 Å². The molecule has 0 spiro atoms. The summed E-state index contributed by atoms with van der Waals surface area (Å²) in [7, 11) is 0. The van der Waals surface area contributed by atoms with Gasteiger partial charge in [0.15, 0.2) is 0 Å². The molecule has 1 heterocycles. The summed E-state index contributed by atoms with van der Waals surface area (Å²) < 4.78 is 0. The van der Waals surface area contributed by atoms with Gasteiger partial charge in [-0.15, -0.1) is 0 Å². The SMILES string of the molecule is CC1(c2cccc(Cl)c2)CNCCN1C(N)=O. The molecular weight excluding hydrogens is 238 g/mol. The number of hydrogen-bond donors (Lipinski definition) is 2. The average molecular weight is 254 g/mol. The van der Waals surface area contributed by atoms with Crippen molar-refractivity contribution in [3.63, 3.8) is 0 Å². The molecule has 1 saturated heterocycles. The molecule has 1 atom stereocenters. The molecule has 0 bridgehead atoms. The number of primary amides is 1. The van der Waals surface area contributed by atoms with Crippen LogP contribution in [0.3, 0.4) is 0 Å². The highest BCUT2D eigenvalue weighted by Gasteiger charge is 2.38. The summed E-state index contributed by atoms with van der Waals surface area (Å²) in [5.41, 5.74) is 6.01. The first-order chi connectivity index (χ1) is 8.04. The van der Waals surface area contributed by atoms with Crippen LogP contribution in [0.25, 0.3) is 0 Å². The van der Waals surface area contributed by atoms with Gasteiger partial charge in [0.05, 0.1) is 5.54 Å². The van der Waals surface area contributed by atoms with Crippen LogP contribution in [-0.2, 0) is 5.54 Å². The molecule has 4 nitrogen and oxygen atoms in total. The van der Waals surface area contributed by atoms with Gasteiger partial charge in [-0.1, -0.05) is 23.7 Å². The molecule has 2 amide bonds. The maximum Gasteiger partial charge on any atom is 0.315 e. The first kappa shape index (κ1) is 12.2. The number of benzene rings is 1. The zero-order valence-corrected chi connectivity index (χ0v) is 10.5. The lowest BCUT2D eigenvalue weighted by atomic mass is 9.88. The molecule has 2 rings (SSSR count). The first-order valence-electron chi connectivity index (χ1n) is 5.58. The van der Waals surface area contributed by atoms with Gasteiger partial charge in [-0.05, 0) is 24.6 Å². The van der Waals surface area contributed by atoms with E-state index in [-0.39, 0.29) is 0 Å². The van der Waals surface area contributed by atoms with Gasteiger partial charge in [-0.2, -0.15) is 0 Å². The Kier molecular flexibility index (Phi) is 3.26. The lowest BCUT2D eigenvalue weighted by Gasteiger charge is -2.44. The molecule has 1 aromatic carbocycles. The quantitative estimate of drug-likeness (QED) is 0.798. The minimum atomic E-state index is -0.436. The predicted molar refractivity (Wildman–Crippen MR) is 68.0 cm³/mol. The largest absolute Gasteiger partial charge is 0.351 e. The molecule has 1 fully saturated rings. The van der Waals surface area contributed by atoms with Gasteiger partial charge in [0, 0.05) is 24.7 Å². The third-order valence-electron chi connectivity index (χ3n) is 3.29. The van der Waals surface area contributed by atoms with Crippen LogP contribution in [0, 0.1) is 0 Å². The molecule has 92 valence electrons. The van der Waals surface area contributed by atoms with Crippen LogP contribution in [0.1, 0.15) is 12.5 Å². The average Bonchev–Trinajstić information content (AvgIpc) is 2.29. The number of halogens is 1. The Bertz CT molecular complexity index is 438. The van der Waals surface area contributed by atoms with Crippen molar-refractivity contribution in [3.8, 4) is 0 Å². The number of nitrogens with two attached hydrogens (primary N) is 1. The maximum absolute atomic E-state index is 11.5. The molecule has 1 aliphatic heterocycles. The van der Waals surface area contributed by atoms with Gasteiger partial charge >= 0.3 is 6.03 Å². The standard InChI is InChI=1S/C12H16ClN3O/c1-12(9-3-2-4-10(13)7-9)8-15-5-6-16(12)11(14)17/h2-4,7,15H,5-6,8H2,1H3,(H2,14,17). The van der Waals surface area contributed by atoms with E-state index in [1.165, 1.54) is 0 Å². The number of hydrogen-bond acceptors (Lipinski definition) is 2. The highest BCUT2D eigenvalue weighted by atomic mass is 35.5. The number of piperazine rings is 1. The van der Waals surface area contributed by atoms with Gasteiger partial charge in [-0.25, -0.2) is 4.79 Å². The van der Waals surface area contributed by atoms with E-state index in [1.54, 1.807) is 4.90 Å². The van der Waals surface area contributed by atoms with Crippen molar-refractivity contribution < 1.29 is 4.79 Å². The molecule has 0 radical (unpaired) electrons. The van der Waals surface area contributed by atoms with E-state index in [1.807, 2.05) is 31.2 Å². The van der Waals surface area contributed by atoms with E-state index in [0.717, 1.165) is 12.1 Å². The third kappa shape index (κ3) is 2.23. The van der Waals surface area contributed by atoms with Crippen molar-refractivity contribution >= 4 is 17.6 Å². The summed E-state index contributed by atoms with van der Waals surface area (Å²) in [6.07, 6.45) is 0. The van der Waals surface area contributed by atoms with Crippen LogP contribution >= 0.6 is 11.6 Å². The van der Waals surface area contributed by atoms with Crippen LogP contribution in [-0.4, -0.2) is 30.6 Å². The van der Waals surface area contributed by atoms with E-state index in [2.05, 4.69) is 5.32 Å². The zero-order chi connectivity index (χ0) is 12.5. The Balaban J connectivity index is 2.41. The second-order valence-corrected chi connectivity index (χ2v) is 4.89. The highest BCUT2D eigenvalue weighted by Crippen LogP contribution is 2.30. The summed E-state index contributed by atoms with van der Waals surface area (Å²) in [5, 5.41) is 3.95. The van der Waals surface area contributed by atoms with E-state index in [9.17, 15) is 4.79 Å². The minimum Gasteiger partial charge on any atom is -0.351 e. The summed E-state index contributed by atoms with van der Waals surface area (Å²) >= 11 is 6.00. The number of carbonyl (C=O) groups is 1. The minimum absolute atomic E-state index is 0.394. The monoisotopic (exact) mass is 253 g/mol. The molecule has 5 heteroatoms. The summed E-state index contributed by atoms with van der Waals surface area (Å²) in [6.45, 7) is 4.04. The lowest BCUT2D eigenvalue weighted by molar-refractivity contribution is 0.106. The smallest absolute Gasteiger partial charge is 0.315 e. The maximum atomic E-state index is 11.5. The molecule has 0 aromatic heterocycles. The Hall–Kier alpha value is -1.26. The number of rotatable bonds is 1. The fourth-order valence-corrected chi connectivity index (χ4v) is 2.49. The number of amides is 2. The highest BCUT2D eigenvalue weighted by molar-refractivity contribution is 6.30. The number of nitrogens with zero attached hydrogens (tertiary/aromatic N) is 1. The van der Waals surface area contributed by atoms with E-state index in [4.69, 9.17) is 17.3 Å². The third-order valence-corrected chi connectivity index (χ3v) is 3.52. The van der Waals surface area contributed by atoms with Crippen molar-refractivity contribution in [3.05, 3.63) is 34.9 Å². The fourth-order valence-electron chi connectivity index (χ4n) is 2.30. The lowest BCUT2D eigenvalue weighted by Crippen LogP contribution is -2.60. The van der Waals surface area contributed by atoms with Crippen molar-refractivity contribution in [1.82, 2.24) is 10.2 Å². The predicted octanol–water partition coefficient (Wildman–Crippen LogP) is 1.54. The second kappa shape index (κ2) is 4.55. The van der Waals surface area contributed by atoms with E-state index < -0.39 is 11.6 Å². The van der Waals surface area contributed by atoms with E-state index in [0.29, 0.717) is 18.1 Å². The second-order valence-electron chi connectivity index (χ2n) is 4.45. The Morgan fingerprint density at radius 1 is 1.59 bits per heavy atom. The van der Waals surface area contributed by atoms with Gasteiger partial charge < -0.3 is 16.0 Å².